The average Bonchev–Trinajstić information content (AvgIpc) is 2.16. The predicted molar refractivity (Wildman–Crippen MR) is 59.7 cm³/mol. The van der Waals surface area contributed by atoms with Crippen molar-refractivity contribution in [1.29, 1.82) is 0 Å². The Labute approximate surface area is 89.2 Å². The molecule has 4 heteroatoms. The SMILES string of the molecule is C=CC(C)N1CCSCC1CC(=O)O. The van der Waals surface area contributed by atoms with E-state index in [1.54, 1.807) is 0 Å². The molecule has 1 N–H and O–H groups in total. The van der Waals surface area contributed by atoms with Crippen molar-refractivity contribution >= 4 is 17.7 Å². The molecule has 3 nitrogen and oxygen atoms in total. The smallest absolute Gasteiger partial charge is 0.304 e. The molecule has 2 atom stereocenters. The standard InChI is InChI=1S/C10H17NO2S/c1-3-8(2)11-4-5-14-7-9(11)6-10(12)13/h3,8-9H,1,4-7H2,2H3,(H,12,13). The Hall–Kier alpha value is -0.480. The van der Waals surface area contributed by atoms with E-state index in [1.807, 2.05) is 17.8 Å². The quantitative estimate of drug-likeness (QED) is 0.721. The first kappa shape index (κ1) is 11.6. The van der Waals surface area contributed by atoms with Crippen LogP contribution in [0.25, 0.3) is 0 Å². The summed E-state index contributed by atoms with van der Waals surface area (Å²) in [4.78, 5) is 12.9. The Bertz CT molecular complexity index is 220. The number of carboxylic acid groups (broad SMARTS) is 1. The van der Waals surface area contributed by atoms with Gasteiger partial charge in [-0.3, -0.25) is 9.69 Å². The third-order valence-electron chi connectivity index (χ3n) is 2.55. The van der Waals surface area contributed by atoms with Gasteiger partial charge in [0.1, 0.15) is 0 Å². The zero-order valence-corrected chi connectivity index (χ0v) is 9.30. The number of thioether (sulfide) groups is 1. The van der Waals surface area contributed by atoms with Crippen molar-refractivity contribution in [2.24, 2.45) is 0 Å². The van der Waals surface area contributed by atoms with Gasteiger partial charge in [-0.25, -0.2) is 0 Å². The molecule has 1 rings (SSSR count). The fourth-order valence-electron chi connectivity index (χ4n) is 1.72. The molecule has 0 spiro atoms. The first-order valence-corrected chi connectivity index (χ1v) is 5.98. The lowest BCUT2D eigenvalue weighted by Gasteiger charge is -2.37. The minimum atomic E-state index is -0.709. The summed E-state index contributed by atoms with van der Waals surface area (Å²) in [6.45, 7) is 6.79. The van der Waals surface area contributed by atoms with Gasteiger partial charge in [0.25, 0.3) is 0 Å². The first-order valence-electron chi connectivity index (χ1n) is 4.83. The van der Waals surface area contributed by atoms with E-state index in [0.717, 1.165) is 18.1 Å². The van der Waals surface area contributed by atoms with Crippen molar-refractivity contribution in [3.8, 4) is 0 Å². The summed E-state index contributed by atoms with van der Waals surface area (Å²) in [6.07, 6.45) is 2.12. The molecule has 0 radical (unpaired) electrons. The number of nitrogens with zero attached hydrogens (tertiary/aromatic N) is 1. The molecule has 0 aromatic carbocycles. The van der Waals surface area contributed by atoms with Crippen LogP contribution in [0.2, 0.25) is 0 Å². The van der Waals surface area contributed by atoms with Gasteiger partial charge in [0.2, 0.25) is 0 Å². The first-order chi connectivity index (χ1) is 6.65. The number of hydrogen-bond donors (Lipinski definition) is 1. The zero-order chi connectivity index (χ0) is 10.6. The van der Waals surface area contributed by atoms with Crippen LogP contribution in [0.3, 0.4) is 0 Å². The van der Waals surface area contributed by atoms with Gasteiger partial charge in [-0.15, -0.1) is 6.58 Å². The lowest BCUT2D eigenvalue weighted by Crippen LogP contribution is -2.47. The van der Waals surface area contributed by atoms with Gasteiger partial charge in [-0.05, 0) is 6.92 Å². The Kier molecular flexibility index (Phi) is 4.48. The van der Waals surface area contributed by atoms with Gasteiger partial charge in [0.15, 0.2) is 0 Å². The molecule has 0 aromatic rings. The van der Waals surface area contributed by atoms with Crippen LogP contribution in [0.4, 0.5) is 0 Å². The van der Waals surface area contributed by atoms with Gasteiger partial charge >= 0.3 is 5.97 Å². The maximum Gasteiger partial charge on any atom is 0.304 e. The second-order valence-electron chi connectivity index (χ2n) is 3.54. The topological polar surface area (TPSA) is 40.5 Å². The fourth-order valence-corrected chi connectivity index (χ4v) is 2.80. The van der Waals surface area contributed by atoms with Crippen LogP contribution in [0.1, 0.15) is 13.3 Å². The van der Waals surface area contributed by atoms with E-state index in [4.69, 9.17) is 5.11 Å². The molecule has 1 fully saturated rings. The molecule has 14 heavy (non-hydrogen) atoms. The highest BCUT2D eigenvalue weighted by atomic mass is 32.2. The second kappa shape index (κ2) is 5.41. The molecule has 0 bridgehead atoms. The van der Waals surface area contributed by atoms with Gasteiger partial charge < -0.3 is 5.11 Å². The van der Waals surface area contributed by atoms with Gasteiger partial charge in [-0.1, -0.05) is 6.08 Å². The molecule has 0 saturated carbocycles. The summed E-state index contributed by atoms with van der Waals surface area (Å²) in [7, 11) is 0. The minimum Gasteiger partial charge on any atom is -0.481 e. The highest BCUT2D eigenvalue weighted by Crippen LogP contribution is 2.21. The molecular formula is C10H17NO2S. The lowest BCUT2D eigenvalue weighted by molar-refractivity contribution is -0.138. The van der Waals surface area contributed by atoms with E-state index in [2.05, 4.69) is 18.4 Å². The summed E-state index contributed by atoms with van der Waals surface area (Å²) in [6, 6.07) is 0.444. The van der Waals surface area contributed by atoms with Crippen LogP contribution < -0.4 is 0 Å². The van der Waals surface area contributed by atoms with Crippen LogP contribution in [-0.2, 0) is 4.79 Å². The van der Waals surface area contributed by atoms with E-state index >= 15 is 0 Å². The highest BCUT2D eigenvalue weighted by molar-refractivity contribution is 7.99. The van der Waals surface area contributed by atoms with E-state index in [0.29, 0.717) is 0 Å². The zero-order valence-electron chi connectivity index (χ0n) is 8.48. The second-order valence-corrected chi connectivity index (χ2v) is 4.69. The van der Waals surface area contributed by atoms with Crippen molar-refractivity contribution < 1.29 is 9.90 Å². The predicted octanol–water partition coefficient (Wildman–Crippen LogP) is 1.45. The van der Waals surface area contributed by atoms with E-state index in [-0.39, 0.29) is 18.5 Å². The molecule has 0 amide bonds. The molecule has 1 aliphatic rings. The van der Waals surface area contributed by atoms with Crippen molar-refractivity contribution in [2.45, 2.75) is 25.4 Å². The molecule has 1 aliphatic heterocycles. The number of hydrogen-bond acceptors (Lipinski definition) is 3. The van der Waals surface area contributed by atoms with Gasteiger partial charge in [-0.2, -0.15) is 11.8 Å². The lowest BCUT2D eigenvalue weighted by atomic mass is 10.1. The largest absolute Gasteiger partial charge is 0.481 e. The summed E-state index contributed by atoms with van der Waals surface area (Å²) >= 11 is 1.84. The van der Waals surface area contributed by atoms with Crippen molar-refractivity contribution in [1.82, 2.24) is 4.90 Å². The highest BCUT2D eigenvalue weighted by Gasteiger charge is 2.27. The van der Waals surface area contributed by atoms with E-state index in [1.165, 1.54) is 0 Å². The minimum absolute atomic E-state index is 0.166. The third kappa shape index (κ3) is 3.03. The summed E-state index contributed by atoms with van der Waals surface area (Å²) in [5.74, 6) is 1.30. The van der Waals surface area contributed by atoms with Crippen molar-refractivity contribution in [3.05, 3.63) is 12.7 Å². The average molecular weight is 215 g/mol. The monoisotopic (exact) mass is 215 g/mol. The molecule has 2 unspecified atom stereocenters. The summed E-state index contributed by atoms with van der Waals surface area (Å²) in [5, 5.41) is 8.78. The normalized spacial score (nSPS) is 25.6. The van der Waals surface area contributed by atoms with Crippen molar-refractivity contribution in [2.75, 3.05) is 18.1 Å². The maximum atomic E-state index is 10.7. The van der Waals surface area contributed by atoms with Gasteiger partial charge in [0.05, 0.1) is 6.42 Å². The van der Waals surface area contributed by atoms with Crippen LogP contribution in [0, 0.1) is 0 Å². The summed E-state index contributed by atoms with van der Waals surface area (Å²) in [5.41, 5.74) is 0. The van der Waals surface area contributed by atoms with Gasteiger partial charge in [0, 0.05) is 30.1 Å². The summed E-state index contributed by atoms with van der Waals surface area (Å²) < 4.78 is 0. The maximum absolute atomic E-state index is 10.7. The van der Waals surface area contributed by atoms with Crippen LogP contribution in [0.5, 0.6) is 0 Å². The molecular weight excluding hydrogens is 198 g/mol. The Morgan fingerprint density at radius 2 is 2.57 bits per heavy atom. The third-order valence-corrected chi connectivity index (χ3v) is 3.64. The Morgan fingerprint density at radius 1 is 1.86 bits per heavy atom. The van der Waals surface area contributed by atoms with Crippen LogP contribution >= 0.6 is 11.8 Å². The number of carbonyl (C=O) groups is 1. The van der Waals surface area contributed by atoms with E-state index in [9.17, 15) is 4.79 Å². The van der Waals surface area contributed by atoms with Crippen LogP contribution in [-0.4, -0.2) is 46.1 Å². The van der Waals surface area contributed by atoms with E-state index < -0.39 is 5.97 Å². The number of carboxylic acids is 1. The molecule has 0 aliphatic carbocycles. The Morgan fingerprint density at radius 3 is 3.14 bits per heavy atom. The Balaban J connectivity index is 2.58. The molecule has 1 saturated heterocycles. The molecule has 0 aromatic heterocycles. The molecule has 1 heterocycles. The fraction of sp³-hybridized carbons (Fsp3) is 0.700. The van der Waals surface area contributed by atoms with Crippen molar-refractivity contribution in [3.63, 3.8) is 0 Å². The number of rotatable bonds is 4. The molecule has 80 valence electrons. The van der Waals surface area contributed by atoms with Crippen LogP contribution in [0.15, 0.2) is 12.7 Å². The number of aliphatic carboxylic acids is 1.